The molecule has 1 spiro atoms. The Labute approximate surface area is 137 Å². The van der Waals surface area contributed by atoms with Crippen LogP contribution in [-0.4, -0.2) is 30.5 Å². The number of rotatable bonds is 2. The van der Waals surface area contributed by atoms with E-state index < -0.39 is 5.60 Å². The highest BCUT2D eigenvalue weighted by Crippen LogP contribution is 2.53. The quantitative estimate of drug-likeness (QED) is 0.825. The van der Waals surface area contributed by atoms with Gasteiger partial charge in [-0.05, 0) is 24.5 Å². The van der Waals surface area contributed by atoms with E-state index in [4.69, 9.17) is 21.1 Å². The summed E-state index contributed by atoms with van der Waals surface area (Å²) in [5.41, 5.74) is -0.815. The molecule has 1 aliphatic carbocycles. The van der Waals surface area contributed by atoms with Crippen LogP contribution in [0.5, 0.6) is 11.5 Å². The van der Waals surface area contributed by atoms with Crippen LogP contribution in [0.3, 0.4) is 0 Å². The first-order valence-corrected chi connectivity index (χ1v) is 8.45. The monoisotopic (exact) mass is 338 g/mol. The SMILES string of the molecule is COc1ccc(Cl)c2c1C(=O)[C@@]1(O2)C(SC)=CC(=O)C[C@H]1C. The second-order valence-electron chi connectivity index (χ2n) is 5.40. The van der Waals surface area contributed by atoms with E-state index in [9.17, 15) is 9.59 Å². The standard InChI is InChI=1S/C16H15ClO4S/c1-8-6-9(18)7-12(22-3)16(8)15(19)13-11(20-2)5-4-10(17)14(13)21-16/h4-5,7-8H,6H2,1-3H3/t8-,16+/m1/s1. The summed E-state index contributed by atoms with van der Waals surface area (Å²) in [6.45, 7) is 1.85. The largest absolute Gasteiger partial charge is 0.496 e. The van der Waals surface area contributed by atoms with Gasteiger partial charge >= 0.3 is 0 Å². The highest BCUT2D eigenvalue weighted by atomic mass is 35.5. The number of thioether (sulfide) groups is 1. The first-order valence-electron chi connectivity index (χ1n) is 6.85. The molecule has 0 N–H and O–H groups in total. The van der Waals surface area contributed by atoms with Gasteiger partial charge in [-0.1, -0.05) is 18.5 Å². The maximum Gasteiger partial charge on any atom is 0.219 e. The molecule has 22 heavy (non-hydrogen) atoms. The van der Waals surface area contributed by atoms with Crippen molar-refractivity contribution in [1.82, 2.24) is 0 Å². The lowest BCUT2D eigenvalue weighted by molar-refractivity contribution is -0.117. The Hall–Kier alpha value is -1.46. The van der Waals surface area contributed by atoms with Gasteiger partial charge in [0.2, 0.25) is 11.4 Å². The number of benzene rings is 1. The summed E-state index contributed by atoms with van der Waals surface area (Å²) >= 11 is 7.56. The lowest BCUT2D eigenvalue weighted by Crippen LogP contribution is -2.50. The van der Waals surface area contributed by atoms with E-state index in [1.807, 2.05) is 13.2 Å². The number of halogens is 1. The van der Waals surface area contributed by atoms with Gasteiger partial charge in [0.25, 0.3) is 0 Å². The molecule has 0 bridgehead atoms. The van der Waals surface area contributed by atoms with Gasteiger partial charge in [-0.2, -0.15) is 0 Å². The molecule has 1 heterocycles. The van der Waals surface area contributed by atoms with Crippen molar-refractivity contribution in [3.05, 3.63) is 33.7 Å². The normalized spacial score (nSPS) is 26.7. The Balaban J connectivity index is 2.23. The van der Waals surface area contributed by atoms with Crippen LogP contribution >= 0.6 is 23.4 Å². The second-order valence-corrected chi connectivity index (χ2v) is 6.66. The Bertz CT molecular complexity index is 712. The molecule has 0 fully saturated rings. The van der Waals surface area contributed by atoms with Crippen molar-refractivity contribution in [2.45, 2.75) is 18.9 Å². The highest BCUT2D eigenvalue weighted by molar-refractivity contribution is 8.02. The van der Waals surface area contributed by atoms with Crippen LogP contribution in [0.4, 0.5) is 0 Å². The highest BCUT2D eigenvalue weighted by Gasteiger charge is 2.58. The second kappa shape index (κ2) is 5.32. The third-order valence-electron chi connectivity index (χ3n) is 4.20. The molecule has 0 unspecified atom stereocenters. The van der Waals surface area contributed by atoms with E-state index in [2.05, 4.69) is 0 Å². The van der Waals surface area contributed by atoms with Gasteiger partial charge < -0.3 is 9.47 Å². The predicted octanol–water partition coefficient (Wildman–Crippen LogP) is 3.52. The van der Waals surface area contributed by atoms with E-state index in [1.165, 1.54) is 24.9 Å². The van der Waals surface area contributed by atoms with Crippen molar-refractivity contribution in [3.63, 3.8) is 0 Å². The number of carbonyl (C=O) groups is 2. The van der Waals surface area contributed by atoms with Crippen molar-refractivity contribution >= 4 is 34.9 Å². The maximum atomic E-state index is 13.2. The van der Waals surface area contributed by atoms with Crippen molar-refractivity contribution < 1.29 is 19.1 Å². The fourth-order valence-corrected chi connectivity index (χ4v) is 4.20. The van der Waals surface area contributed by atoms with Crippen molar-refractivity contribution in [3.8, 4) is 11.5 Å². The number of Topliss-reactive ketones (excluding diaryl/α,β-unsaturated/α-hetero) is 1. The Morgan fingerprint density at radius 3 is 2.77 bits per heavy atom. The first-order chi connectivity index (χ1) is 10.5. The van der Waals surface area contributed by atoms with Gasteiger partial charge in [0, 0.05) is 17.2 Å². The number of methoxy groups -OCH3 is 1. The van der Waals surface area contributed by atoms with Crippen LogP contribution in [0, 0.1) is 5.92 Å². The maximum absolute atomic E-state index is 13.2. The van der Waals surface area contributed by atoms with Gasteiger partial charge in [-0.25, -0.2) is 0 Å². The molecule has 2 aliphatic rings. The summed E-state index contributed by atoms with van der Waals surface area (Å²) in [6.07, 6.45) is 3.61. The molecule has 4 nitrogen and oxygen atoms in total. The zero-order chi connectivity index (χ0) is 16.1. The van der Waals surface area contributed by atoms with E-state index in [1.54, 1.807) is 12.1 Å². The molecule has 2 atom stereocenters. The topological polar surface area (TPSA) is 52.6 Å². The van der Waals surface area contributed by atoms with Crippen LogP contribution < -0.4 is 9.47 Å². The molecule has 1 aliphatic heterocycles. The smallest absolute Gasteiger partial charge is 0.219 e. The molecule has 0 aromatic heterocycles. The number of ether oxygens (including phenoxy) is 2. The minimum Gasteiger partial charge on any atom is -0.496 e. The molecular formula is C16H15ClO4S. The molecule has 0 saturated heterocycles. The van der Waals surface area contributed by atoms with Gasteiger partial charge in [0.1, 0.15) is 11.3 Å². The lowest BCUT2D eigenvalue weighted by atomic mass is 9.77. The Morgan fingerprint density at radius 1 is 1.41 bits per heavy atom. The first kappa shape index (κ1) is 15.4. The summed E-state index contributed by atoms with van der Waals surface area (Å²) in [6, 6.07) is 3.30. The van der Waals surface area contributed by atoms with Crippen LogP contribution in [0.25, 0.3) is 0 Å². The third-order valence-corrected chi connectivity index (χ3v) is 5.36. The van der Waals surface area contributed by atoms with Crippen molar-refractivity contribution in [2.75, 3.05) is 13.4 Å². The van der Waals surface area contributed by atoms with E-state index >= 15 is 0 Å². The van der Waals surface area contributed by atoms with Crippen LogP contribution in [0.2, 0.25) is 5.02 Å². The molecule has 1 aromatic carbocycles. The summed E-state index contributed by atoms with van der Waals surface area (Å²) in [5, 5.41) is 0.366. The minimum atomic E-state index is -1.17. The molecule has 116 valence electrons. The summed E-state index contributed by atoms with van der Waals surface area (Å²) in [5.74, 6) is 0.321. The zero-order valence-electron chi connectivity index (χ0n) is 12.4. The van der Waals surface area contributed by atoms with Gasteiger partial charge in [-0.15, -0.1) is 11.8 Å². The average molecular weight is 339 g/mol. The number of ketones is 2. The van der Waals surface area contributed by atoms with Crippen LogP contribution in [0.15, 0.2) is 23.1 Å². The van der Waals surface area contributed by atoms with Crippen molar-refractivity contribution in [1.29, 1.82) is 0 Å². The molecule has 0 saturated carbocycles. The molecule has 1 aromatic rings. The fraction of sp³-hybridized carbons (Fsp3) is 0.375. The number of hydrogen-bond donors (Lipinski definition) is 0. The van der Waals surface area contributed by atoms with E-state index in [-0.39, 0.29) is 23.9 Å². The summed E-state index contributed by atoms with van der Waals surface area (Å²) in [7, 11) is 1.50. The predicted molar refractivity (Wildman–Crippen MR) is 86.1 cm³/mol. The fourth-order valence-electron chi connectivity index (χ4n) is 3.11. The number of allylic oxidation sites excluding steroid dienone is 1. The Kier molecular flexibility index (Phi) is 3.73. The summed E-state index contributed by atoms with van der Waals surface area (Å²) < 4.78 is 11.4. The molecule has 0 amide bonds. The Morgan fingerprint density at radius 2 is 2.14 bits per heavy atom. The third kappa shape index (κ3) is 1.92. The minimum absolute atomic E-state index is 0.00731. The average Bonchev–Trinajstić information content (AvgIpc) is 2.80. The lowest BCUT2D eigenvalue weighted by Gasteiger charge is -2.37. The van der Waals surface area contributed by atoms with Crippen molar-refractivity contribution in [2.24, 2.45) is 5.92 Å². The van der Waals surface area contributed by atoms with E-state index in [0.717, 1.165) is 0 Å². The summed E-state index contributed by atoms with van der Waals surface area (Å²) in [4.78, 5) is 25.6. The van der Waals surface area contributed by atoms with Gasteiger partial charge in [0.05, 0.1) is 12.1 Å². The van der Waals surface area contributed by atoms with Gasteiger partial charge in [-0.3, -0.25) is 9.59 Å². The van der Waals surface area contributed by atoms with Gasteiger partial charge in [0.15, 0.2) is 11.5 Å². The number of carbonyl (C=O) groups excluding carboxylic acids is 2. The number of hydrogen-bond acceptors (Lipinski definition) is 5. The number of fused-ring (bicyclic) bond motifs is 1. The zero-order valence-corrected chi connectivity index (χ0v) is 14.0. The molecule has 3 rings (SSSR count). The molecule has 6 heteroatoms. The molecular weight excluding hydrogens is 324 g/mol. The van der Waals surface area contributed by atoms with Crippen LogP contribution in [-0.2, 0) is 4.79 Å². The van der Waals surface area contributed by atoms with E-state index in [0.29, 0.717) is 27.0 Å². The van der Waals surface area contributed by atoms with Crippen LogP contribution in [0.1, 0.15) is 23.7 Å². The molecule has 0 radical (unpaired) electrons.